The Labute approximate surface area is 141 Å². The lowest BCUT2D eigenvalue weighted by Crippen LogP contribution is -2.43. The molecule has 0 aromatic carbocycles. The number of nitrogens with one attached hydrogen (secondary N) is 1. The zero-order valence-corrected chi connectivity index (χ0v) is 14.8. The van der Waals surface area contributed by atoms with Crippen molar-refractivity contribution in [2.75, 3.05) is 5.75 Å². The lowest BCUT2D eigenvalue weighted by molar-refractivity contribution is -0.139. The number of hydrogen-bond donors (Lipinski definition) is 2. The van der Waals surface area contributed by atoms with E-state index in [1.54, 1.807) is 44.9 Å². The van der Waals surface area contributed by atoms with Gasteiger partial charge < -0.3 is 15.2 Å². The molecule has 1 unspecified atom stereocenters. The molecule has 0 saturated carbocycles. The lowest BCUT2D eigenvalue weighted by atomic mass is 10.2. The fourth-order valence-electron chi connectivity index (χ4n) is 1.79. The zero-order valence-electron chi connectivity index (χ0n) is 14.0. The van der Waals surface area contributed by atoms with E-state index in [1.807, 2.05) is 13.0 Å². The highest BCUT2D eigenvalue weighted by molar-refractivity contribution is 7.98. The quantitative estimate of drug-likeness (QED) is 0.742. The molecule has 0 aliphatic carbocycles. The highest BCUT2D eigenvalue weighted by atomic mass is 32.2. The van der Waals surface area contributed by atoms with E-state index in [1.165, 1.54) is 0 Å². The van der Waals surface area contributed by atoms with Crippen LogP contribution in [0.4, 0.5) is 4.79 Å². The summed E-state index contributed by atoms with van der Waals surface area (Å²) in [5.41, 5.74) is 1.54. The van der Waals surface area contributed by atoms with E-state index in [4.69, 9.17) is 4.74 Å². The van der Waals surface area contributed by atoms with Gasteiger partial charge in [0.15, 0.2) is 0 Å². The van der Waals surface area contributed by atoms with Gasteiger partial charge in [0.05, 0.1) is 0 Å². The number of nitrogens with zero attached hydrogens (tertiary/aromatic N) is 1. The Bertz CT molecular complexity index is 543. The first-order valence-corrected chi connectivity index (χ1v) is 8.53. The monoisotopic (exact) mass is 340 g/mol. The summed E-state index contributed by atoms with van der Waals surface area (Å²) in [4.78, 5) is 27.0. The predicted molar refractivity (Wildman–Crippen MR) is 90.5 cm³/mol. The molecule has 1 aromatic heterocycles. The van der Waals surface area contributed by atoms with Crippen LogP contribution in [0.15, 0.2) is 18.5 Å². The van der Waals surface area contributed by atoms with E-state index in [0.29, 0.717) is 12.2 Å². The number of carboxylic acid groups (broad SMARTS) is 1. The molecule has 1 aromatic rings. The van der Waals surface area contributed by atoms with Gasteiger partial charge in [0.2, 0.25) is 0 Å². The normalized spacial score (nSPS) is 12.5. The van der Waals surface area contributed by atoms with Crippen molar-refractivity contribution in [2.24, 2.45) is 0 Å². The van der Waals surface area contributed by atoms with Gasteiger partial charge in [-0.3, -0.25) is 4.98 Å². The minimum absolute atomic E-state index is 0.332. The number of pyridine rings is 1. The summed E-state index contributed by atoms with van der Waals surface area (Å²) in [6, 6.07) is 1.10. The minimum atomic E-state index is -1.06. The van der Waals surface area contributed by atoms with Gasteiger partial charge in [-0.2, -0.15) is 11.8 Å². The van der Waals surface area contributed by atoms with Crippen molar-refractivity contribution in [3.8, 4) is 0 Å². The maximum atomic E-state index is 11.7. The summed E-state index contributed by atoms with van der Waals surface area (Å²) < 4.78 is 5.08. The van der Waals surface area contributed by atoms with Crippen LogP contribution in [0.1, 0.15) is 38.3 Å². The number of hydrogen-bond acceptors (Lipinski definition) is 5. The highest BCUT2D eigenvalue weighted by Gasteiger charge is 2.23. The number of thioether (sulfide) groups is 1. The third-order valence-corrected chi connectivity index (χ3v) is 3.80. The molecule has 0 bridgehead atoms. The lowest BCUT2D eigenvalue weighted by Gasteiger charge is -2.21. The number of carbonyl (C=O) groups excluding carboxylic acids is 1. The molecular weight excluding hydrogens is 316 g/mol. The van der Waals surface area contributed by atoms with Gasteiger partial charge in [-0.25, -0.2) is 9.59 Å². The third-order valence-electron chi connectivity index (χ3n) is 2.74. The minimum Gasteiger partial charge on any atom is -0.480 e. The Hall–Kier alpha value is -1.76. The fraction of sp³-hybridized carbons (Fsp3) is 0.562. The Morgan fingerprint density at radius 2 is 2.09 bits per heavy atom. The molecule has 1 amide bonds. The van der Waals surface area contributed by atoms with Crippen LogP contribution in [-0.2, 0) is 15.3 Å². The Kier molecular flexibility index (Phi) is 7.35. The number of aromatic nitrogens is 1. The van der Waals surface area contributed by atoms with Crippen molar-refractivity contribution in [3.05, 3.63) is 29.6 Å². The molecule has 1 atom stereocenters. The maximum Gasteiger partial charge on any atom is 0.408 e. The number of carboxylic acids is 1. The maximum absolute atomic E-state index is 11.7. The Morgan fingerprint density at radius 3 is 2.65 bits per heavy atom. The van der Waals surface area contributed by atoms with Gasteiger partial charge in [0.1, 0.15) is 11.6 Å². The molecule has 0 radical (unpaired) electrons. The van der Waals surface area contributed by atoms with Crippen LogP contribution in [0.5, 0.6) is 0 Å². The van der Waals surface area contributed by atoms with Gasteiger partial charge in [0, 0.05) is 18.1 Å². The number of ether oxygens (including phenoxy) is 1. The largest absolute Gasteiger partial charge is 0.480 e. The molecule has 0 spiro atoms. The molecule has 0 saturated heterocycles. The predicted octanol–water partition coefficient (Wildman–Crippen LogP) is 2.99. The number of rotatable bonds is 7. The van der Waals surface area contributed by atoms with Crippen LogP contribution < -0.4 is 5.32 Å². The van der Waals surface area contributed by atoms with Crippen molar-refractivity contribution in [1.29, 1.82) is 0 Å². The van der Waals surface area contributed by atoms with E-state index in [0.717, 1.165) is 16.9 Å². The first kappa shape index (κ1) is 19.3. The van der Waals surface area contributed by atoms with Crippen molar-refractivity contribution in [3.63, 3.8) is 0 Å². The van der Waals surface area contributed by atoms with Crippen LogP contribution >= 0.6 is 11.8 Å². The molecule has 1 rings (SSSR count). The topological polar surface area (TPSA) is 88.5 Å². The molecule has 0 aliphatic heterocycles. The zero-order chi connectivity index (χ0) is 17.5. The van der Waals surface area contributed by atoms with Crippen LogP contribution in [0.25, 0.3) is 0 Å². The second-order valence-electron chi connectivity index (χ2n) is 6.25. The van der Waals surface area contributed by atoms with Crippen molar-refractivity contribution >= 4 is 23.8 Å². The van der Waals surface area contributed by atoms with Crippen LogP contribution in [0.2, 0.25) is 0 Å². The van der Waals surface area contributed by atoms with Crippen molar-refractivity contribution < 1.29 is 19.4 Å². The first-order chi connectivity index (χ1) is 10.7. The Morgan fingerprint density at radius 1 is 1.39 bits per heavy atom. The van der Waals surface area contributed by atoms with E-state index < -0.39 is 23.7 Å². The number of alkyl carbamates (subject to hydrolysis) is 1. The summed E-state index contributed by atoms with van der Waals surface area (Å²) >= 11 is 1.61. The van der Waals surface area contributed by atoms with E-state index in [9.17, 15) is 14.7 Å². The van der Waals surface area contributed by atoms with Crippen LogP contribution in [0, 0.1) is 6.92 Å². The number of amides is 1. The highest BCUT2D eigenvalue weighted by Crippen LogP contribution is 2.14. The van der Waals surface area contributed by atoms with Crippen LogP contribution in [0.3, 0.4) is 0 Å². The molecule has 128 valence electrons. The number of carbonyl (C=O) groups is 2. The summed E-state index contributed by atoms with van der Waals surface area (Å²) in [6.07, 6.45) is 3.21. The second-order valence-corrected chi connectivity index (χ2v) is 7.35. The smallest absolute Gasteiger partial charge is 0.408 e. The van der Waals surface area contributed by atoms with E-state index >= 15 is 0 Å². The third kappa shape index (κ3) is 8.44. The van der Waals surface area contributed by atoms with Gasteiger partial charge >= 0.3 is 12.1 Å². The Balaban J connectivity index is 2.39. The fourth-order valence-corrected chi connectivity index (χ4v) is 2.74. The molecule has 0 aliphatic rings. The van der Waals surface area contributed by atoms with Crippen molar-refractivity contribution in [2.45, 2.75) is 51.5 Å². The van der Waals surface area contributed by atoms with Crippen LogP contribution in [-0.4, -0.2) is 39.5 Å². The SMILES string of the molecule is Cc1cncc(CSCCC(NC(=O)OC(C)(C)C)C(=O)O)c1. The summed E-state index contributed by atoms with van der Waals surface area (Å²) in [5.74, 6) is 0.308. The summed E-state index contributed by atoms with van der Waals surface area (Å²) in [5, 5.41) is 11.6. The van der Waals surface area contributed by atoms with Gasteiger partial charge in [-0.05, 0) is 51.0 Å². The van der Waals surface area contributed by atoms with Gasteiger partial charge in [0.25, 0.3) is 0 Å². The summed E-state index contributed by atoms with van der Waals surface area (Å²) in [7, 11) is 0. The molecular formula is C16H24N2O4S. The molecule has 6 nitrogen and oxygen atoms in total. The average molecular weight is 340 g/mol. The van der Waals surface area contributed by atoms with Gasteiger partial charge in [-0.15, -0.1) is 0 Å². The molecule has 1 heterocycles. The molecule has 23 heavy (non-hydrogen) atoms. The standard InChI is InChI=1S/C16H24N2O4S/c1-11-7-12(9-17-8-11)10-23-6-5-13(14(19)20)18-15(21)22-16(2,3)4/h7-9,13H,5-6,10H2,1-4H3,(H,18,21)(H,19,20). The van der Waals surface area contributed by atoms with Gasteiger partial charge in [-0.1, -0.05) is 6.07 Å². The number of aryl methyl sites for hydroxylation is 1. The van der Waals surface area contributed by atoms with E-state index in [2.05, 4.69) is 10.3 Å². The number of aliphatic carboxylic acids is 1. The molecule has 0 fully saturated rings. The molecule has 7 heteroatoms. The van der Waals surface area contributed by atoms with Crippen molar-refractivity contribution in [1.82, 2.24) is 10.3 Å². The summed E-state index contributed by atoms with van der Waals surface area (Å²) in [6.45, 7) is 7.17. The second kappa shape index (κ2) is 8.76. The van der Waals surface area contributed by atoms with E-state index in [-0.39, 0.29) is 0 Å². The average Bonchev–Trinajstić information content (AvgIpc) is 2.40. The molecule has 2 N–H and O–H groups in total. The first-order valence-electron chi connectivity index (χ1n) is 7.38.